The van der Waals surface area contributed by atoms with Crippen molar-refractivity contribution in [2.24, 2.45) is 0 Å². The molecular weight excluding hydrogens is 187 g/mol. The summed E-state index contributed by atoms with van der Waals surface area (Å²) >= 11 is 0. The third-order valence-corrected chi connectivity index (χ3v) is 6.68. The van der Waals surface area contributed by atoms with Crippen molar-refractivity contribution in [3.63, 3.8) is 0 Å². The van der Waals surface area contributed by atoms with Gasteiger partial charge in [-0.1, -0.05) is 27.4 Å². The number of carbonyl (C=O) groups excluding carboxylic acids is 1. The number of hydrogen-bond acceptors (Lipinski definition) is 2. The van der Waals surface area contributed by atoms with Crippen molar-refractivity contribution in [1.82, 2.24) is 0 Å². The Kier molecular flexibility index (Phi) is 3.44. The fourth-order valence-corrected chi connectivity index (χ4v) is 1.32. The molecule has 0 aliphatic rings. The van der Waals surface area contributed by atoms with E-state index in [1.165, 1.54) is 0 Å². The number of halogens is 1. The van der Waals surface area contributed by atoms with Crippen LogP contribution in [0.5, 0.6) is 0 Å². The number of rotatable bonds is 2. The molecule has 0 unspecified atom stereocenters. The van der Waals surface area contributed by atoms with E-state index in [0.717, 1.165) is 0 Å². The molecule has 0 rings (SSSR count). The van der Waals surface area contributed by atoms with E-state index in [2.05, 4.69) is 6.58 Å². The first-order chi connectivity index (χ1) is 5.58. The Hall–Kier alpha value is -0.643. The average Bonchev–Trinajstić information content (AvgIpc) is 1.83. The molecule has 0 radical (unpaired) electrons. The molecule has 0 amide bonds. The molecule has 0 saturated carbocycles. The molecule has 2 nitrogen and oxygen atoms in total. The summed E-state index contributed by atoms with van der Waals surface area (Å²) in [6.07, 6.45) is 0. The molecule has 0 fully saturated rings. The van der Waals surface area contributed by atoms with Gasteiger partial charge in [-0.2, -0.15) is 4.39 Å². The number of hydrogen-bond donors (Lipinski definition) is 0. The minimum atomic E-state index is -2.18. The van der Waals surface area contributed by atoms with E-state index >= 15 is 0 Å². The smallest absolute Gasteiger partial charge is 0.353 e. The van der Waals surface area contributed by atoms with E-state index in [1.54, 1.807) is 0 Å². The molecule has 0 atom stereocenters. The maximum absolute atomic E-state index is 12.4. The van der Waals surface area contributed by atoms with Gasteiger partial charge in [-0.3, -0.25) is 0 Å². The van der Waals surface area contributed by atoms with Gasteiger partial charge >= 0.3 is 5.97 Å². The molecule has 0 bridgehead atoms. The van der Waals surface area contributed by atoms with Gasteiger partial charge in [0.15, 0.2) is 5.83 Å². The van der Waals surface area contributed by atoms with E-state index in [-0.39, 0.29) is 5.04 Å². The summed E-state index contributed by atoms with van der Waals surface area (Å²) in [6.45, 7) is 12.6. The maximum atomic E-state index is 12.4. The Morgan fingerprint density at radius 1 is 1.38 bits per heavy atom. The Morgan fingerprint density at radius 2 is 1.77 bits per heavy atom. The summed E-state index contributed by atoms with van der Waals surface area (Å²) in [5.41, 5.74) is 0. The molecule has 0 N–H and O–H groups in total. The van der Waals surface area contributed by atoms with Crippen molar-refractivity contribution in [3.8, 4) is 0 Å². The van der Waals surface area contributed by atoms with Gasteiger partial charge in [0.25, 0.3) is 8.32 Å². The Labute approximate surface area is 79.9 Å². The molecule has 0 aromatic heterocycles. The van der Waals surface area contributed by atoms with Gasteiger partial charge in [-0.05, 0) is 18.1 Å². The van der Waals surface area contributed by atoms with E-state index in [9.17, 15) is 9.18 Å². The van der Waals surface area contributed by atoms with Crippen molar-refractivity contribution in [2.75, 3.05) is 0 Å². The molecule has 76 valence electrons. The fraction of sp³-hybridized carbons (Fsp3) is 0.667. The first-order valence-corrected chi connectivity index (χ1v) is 7.06. The molecule has 0 heterocycles. The minimum Gasteiger partial charge on any atom is -0.514 e. The zero-order valence-corrected chi connectivity index (χ0v) is 9.90. The molecule has 0 aliphatic carbocycles. The Morgan fingerprint density at radius 3 is 2.00 bits per heavy atom. The second-order valence-electron chi connectivity index (χ2n) is 4.55. The van der Waals surface area contributed by atoms with Gasteiger partial charge in [0.05, 0.1) is 0 Å². The SMILES string of the molecule is C=C(F)C(=O)O[Si](C)(C)C(C)(C)C. The van der Waals surface area contributed by atoms with Crippen LogP contribution in [0.2, 0.25) is 18.1 Å². The van der Waals surface area contributed by atoms with Crippen LogP contribution < -0.4 is 0 Å². The Bertz CT molecular complexity index is 228. The van der Waals surface area contributed by atoms with E-state index in [1.807, 2.05) is 33.9 Å². The second-order valence-corrected chi connectivity index (χ2v) is 9.28. The van der Waals surface area contributed by atoms with Crippen LogP contribution in [0.25, 0.3) is 0 Å². The van der Waals surface area contributed by atoms with Gasteiger partial charge < -0.3 is 4.43 Å². The lowest BCUT2D eigenvalue weighted by molar-refractivity contribution is -0.132. The summed E-state index contributed by atoms with van der Waals surface area (Å²) in [5, 5.41) is -0.0991. The first kappa shape index (κ1) is 12.4. The van der Waals surface area contributed by atoms with Crippen molar-refractivity contribution in [3.05, 3.63) is 12.4 Å². The van der Waals surface area contributed by atoms with Crippen LogP contribution >= 0.6 is 0 Å². The average molecular weight is 204 g/mol. The van der Waals surface area contributed by atoms with Crippen LogP contribution in [0.4, 0.5) is 4.39 Å². The van der Waals surface area contributed by atoms with Crippen molar-refractivity contribution >= 4 is 14.3 Å². The zero-order chi connectivity index (χ0) is 10.9. The molecule has 4 heteroatoms. The van der Waals surface area contributed by atoms with Gasteiger partial charge in [0, 0.05) is 0 Å². The van der Waals surface area contributed by atoms with Crippen molar-refractivity contribution in [2.45, 2.75) is 38.9 Å². The van der Waals surface area contributed by atoms with Crippen LogP contribution in [0.1, 0.15) is 20.8 Å². The minimum absolute atomic E-state index is 0.0991. The summed E-state index contributed by atoms with van der Waals surface area (Å²) in [4.78, 5) is 10.9. The molecule has 0 aromatic carbocycles. The topological polar surface area (TPSA) is 26.3 Å². The third kappa shape index (κ3) is 3.30. The standard InChI is InChI=1S/C9H17FO2Si/c1-7(10)8(11)12-13(5,6)9(2,3)4/h1H2,2-6H3. The lowest BCUT2D eigenvalue weighted by Gasteiger charge is -2.35. The van der Waals surface area contributed by atoms with E-state index in [4.69, 9.17) is 4.43 Å². The van der Waals surface area contributed by atoms with Crippen molar-refractivity contribution < 1.29 is 13.6 Å². The van der Waals surface area contributed by atoms with Gasteiger partial charge in [0.2, 0.25) is 0 Å². The summed E-state index contributed by atoms with van der Waals surface area (Å²) in [5.74, 6) is -1.95. The highest BCUT2D eigenvalue weighted by Crippen LogP contribution is 2.36. The van der Waals surface area contributed by atoms with Crippen LogP contribution in [0, 0.1) is 0 Å². The highest BCUT2D eigenvalue weighted by atomic mass is 28.4. The van der Waals surface area contributed by atoms with Gasteiger partial charge in [0.1, 0.15) is 0 Å². The predicted octanol–water partition coefficient (Wildman–Crippen LogP) is 3.02. The highest BCUT2D eigenvalue weighted by Gasteiger charge is 2.40. The number of carbonyl (C=O) groups is 1. The monoisotopic (exact) mass is 204 g/mol. The third-order valence-electron chi connectivity index (χ3n) is 2.38. The first-order valence-electron chi connectivity index (χ1n) is 4.15. The predicted molar refractivity (Wildman–Crippen MR) is 53.5 cm³/mol. The second kappa shape index (κ2) is 3.62. The van der Waals surface area contributed by atoms with Crippen LogP contribution in [0.3, 0.4) is 0 Å². The normalized spacial score (nSPS) is 12.5. The van der Waals surface area contributed by atoms with Crippen molar-refractivity contribution in [1.29, 1.82) is 0 Å². The molecule has 0 spiro atoms. The van der Waals surface area contributed by atoms with Gasteiger partial charge in [-0.15, -0.1) is 0 Å². The lowest BCUT2D eigenvalue weighted by Crippen LogP contribution is -2.42. The molecule has 0 aromatic rings. The maximum Gasteiger partial charge on any atom is 0.353 e. The molecule has 13 heavy (non-hydrogen) atoms. The van der Waals surface area contributed by atoms with E-state index < -0.39 is 20.1 Å². The van der Waals surface area contributed by atoms with Crippen LogP contribution in [-0.4, -0.2) is 14.3 Å². The quantitative estimate of drug-likeness (QED) is 0.510. The molecular formula is C9H17FO2Si. The summed E-state index contributed by atoms with van der Waals surface area (Å²) < 4.78 is 17.5. The van der Waals surface area contributed by atoms with Gasteiger partial charge in [-0.25, -0.2) is 4.79 Å². The largest absolute Gasteiger partial charge is 0.514 e. The molecule has 0 saturated heterocycles. The van der Waals surface area contributed by atoms with Crippen LogP contribution in [0.15, 0.2) is 12.4 Å². The lowest BCUT2D eigenvalue weighted by atomic mass is 10.2. The summed E-state index contributed by atoms with van der Waals surface area (Å²) in [7, 11) is -2.18. The highest BCUT2D eigenvalue weighted by molar-refractivity contribution is 6.75. The summed E-state index contributed by atoms with van der Waals surface area (Å²) in [6, 6.07) is 0. The molecule has 0 aliphatic heterocycles. The fourth-order valence-electron chi connectivity index (χ4n) is 0.440. The van der Waals surface area contributed by atoms with Crippen LogP contribution in [-0.2, 0) is 9.22 Å². The zero-order valence-electron chi connectivity index (χ0n) is 8.90. The van der Waals surface area contributed by atoms with E-state index in [0.29, 0.717) is 0 Å². The Balaban J connectivity index is 4.53.